The highest BCUT2D eigenvalue weighted by Crippen LogP contribution is 2.35. The molecule has 0 radical (unpaired) electrons. The zero-order valence-electron chi connectivity index (χ0n) is 32.7. The van der Waals surface area contributed by atoms with E-state index >= 15 is 0 Å². The van der Waals surface area contributed by atoms with E-state index in [1.54, 1.807) is 0 Å². The maximum Gasteiger partial charge on any atom is 0.119 e. The number of hydrogen-bond acceptors (Lipinski definition) is 5. The molecule has 1 heterocycles. The Kier molecular flexibility index (Phi) is 15.7. The molecule has 0 N–H and O–H groups in total. The molecule has 1 aromatic heterocycles. The summed E-state index contributed by atoms with van der Waals surface area (Å²) in [7, 11) is 0. The Balaban J connectivity index is 1.01. The monoisotopic (exact) mass is 748 g/mol. The van der Waals surface area contributed by atoms with Gasteiger partial charge in [-0.3, -0.25) is 0 Å². The van der Waals surface area contributed by atoms with Crippen molar-refractivity contribution in [3.8, 4) is 33.8 Å². The van der Waals surface area contributed by atoms with Gasteiger partial charge in [-0.2, -0.15) is 8.75 Å². The molecule has 4 nitrogen and oxygen atoms in total. The van der Waals surface area contributed by atoms with E-state index in [1.165, 1.54) is 75.9 Å². The first-order valence-electron chi connectivity index (χ1n) is 20.5. The molecule has 0 aliphatic rings. The summed E-state index contributed by atoms with van der Waals surface area (Å²) in [5, 5.41) is 0. The van der Waals surface area contributed by atoms with Gasteiger partial charge in [0.15, 0.2) is 0 Å². The molecular weight excluding hydrogens is 693 g/mol. The Bertz CT molecular complexity index is 1910. The first-order chi connectivity index (χ1) is 27.2. The number of nitrogens with zero attached hydrogens (tertiary/aromatic N) is 2. The molecule has 5 aromatic carbocycles. The Morgan fingerprint density at radius 3 is 1.09 bits per heavy atom. The molecule has 0 atom stereocenters. The first-order valence-corrected chi connectivity index (χ1v) is 21.2. The highest BCUT2D eigenvalue weighted by atomic mass is 32.1. The maximum absolute atomic E-state index is 5.95. The summed E-state index contributed by atoms with van der Waals surface area (Å²) in [6, 6.07) is 38.4. The van der Waals surface area contributed by atoms with Crippen molar-refractivity contribution < 1.29 is 9.47 Å². The van der Waals surface area contributed by atoms with E-state index in [2.05, 4.69) is 147 Å². The molecule has 0 bridgehead atoms. The first kappa shape index (κ1) is 39.7. The summed E-state index contributed by atoms with van der Waals surface area (Å²) >= 11 is 1.27. The van der Waals surface area contributed by atoms with Gasteiger partial charge in [0.05, 0.1) is 24.9 Å². The molecule has 6 aromatic rings. The van der Waals surface area contributed by atoms with Crippen LogP contribution in [0.3, 0.4) is 0 Å². The SMILES string of the molecule is CCCCCCCCOc1ccc(/C=C/c2ccc(-c3ccc(-c4ccc(/C=C/c5ccc(OCCCCCCCC)cc5)cc4)c4nsnc34)cc2)cc1. The van der Waals surface area contributed by atoms with Crippen molar-refractivity contribution in [1.82, 2.24) is 8.75 Å². The molecule has 55 heavy (non-hydrogen) atoms. The van der Waals surface area contributed by atoms with Gasteiger partial charge in [-0.25, -0.2) is 0 Å². The lowest BCUT2D eigenvalue weighted by Gasteiger charge is -2.08. The molecular formula is C50H56N2O2S. The zero-order chi connectivity index (χ0) is 37.9. The second kappa shape index (κ2) is 21.8. The van der Waals surface area contributed by atoms with Crippen LogP contribution < -0.4 is 9.47 Å². The van der Waals surface area contributed by atoms with E-state index in [4.69, 9.17) is 18.2 Å². The van der Waals surface area contributed by atoms with E-state index in [1.807, 2.05) is 0 Å². The number of fused-ring (bicyclic) bond motifs is 1. The fourth-order valence-corrected chi connectivity index (χ4v) is 7.33. The maximum atomic E-state index is 5.95. The van der Waals surface area contributed by atoms with E-state index in [9.17, 15) is 0 Å². The van der Waals surface area contributed by atoms with Gasteiger partial charge in [0.2, 0.25) is 0 Å². The summed E-state index contributed by atoms with van der Waals surface area (Å²) in [4.78, 5) is 0. The number of rotatable bonds is 22. The molecule has 0 saturated heterocycles. The average Bonchev–Trinajstić information content (AvgIpc) is 3.73. The van der Waals surface area contributed by atoms with Crippen molar-refractivity contribution in [2.24, 2.45) is 0 Å². The van der Waals surface area contributed by atoms with Crippen LogP contribution in [0.2, 0.25) is 0 Å². The normalized spacial score (nSPS) is 11.6. The molecule has 5 heteroatoms. The van der Waals surface area contributed by atoms with Crippen LogP contribution in [0.1, 0.15) is 113 Å². The summed E-state index contributed by atoms with van der Waals surface area (Å²) < 4.78 is 21.4. The molecule has 284 valence electrons. The Labute approximate surface area is 333 Å². The van der Waals surface area contributed by atoms with E-state index in [0.29, 0.717) is 0 Å². The fraction of sp³-hybridized carbons (Fsp3) is 0.320. The highest BCUT2D eigenvalue weighted by Gasteiger charge is 2.13. The lowest BCUT2D eigenvalue weighted by Crippen LogP contribution is -1.97. The minimum Gasteiger partial charge on any atom is -0.494 e. The van der Waals surface area contributed by atoms with Gasteiger partial charge in [0.1, 0.15) is 22.5 Å². The van der Waals surface area contributed by atoms with Gasteiger partial charge in [0, 0.05) is 11.1 Å². The van der Waals surface area contributed by atoms with Gasteiger partial charge in [-0.1, -0.05) is 187 Å². The van der Waals surface area contributed by atoms with Crippen molar-refractivity contribution in [1.29, 1.82) is 0 Å². The van der Waals surface area contributed by atoms with Crippen molar-refractivity contribution in [2.45, 2.75) is 90.9 Å². The molecule has 0 fully saturated rings. The predicted molar refractivity (Wildman–Crippen MR) is 237 cm³/mol. The molecule has 6 rings (SSSR count). The second-order valence-electron chi connectivity index (χ2n) is 14.4. The van der Waals surface area contributed by atoms with Crippen LogP contribution in [-0.2, 0) is 0 Å². The summed E-state index contributed by atoms with van der Waals surface area (Å²) in [5.41, 5.74) is 10.9. The number of aromatic nitrogens is 2. The standard InChI is InChI=1S/C50H56N2O2S/c1-3-5-7-9-11-13-37-53-45-31-23-41(24-32-45)17-15-39-19-27-43(28-20-39)47-35-36-48(50-49(47)51-55-52-50)44-29-21-40(22-30-44)16-18-42-25-33-46(34-26-42)54-38-14-12-10-8-6-4-2/h15-36H,3-14,37-38H2,1-2H3/b17-15+,18-16+. The number of unbranched alkanes of at least 4 members (excludes halogenated alkanes) is 10. The zero-order valence-corrected chi connectivity index (χ0v) is 33.5. The lowest BCUT2D eigenvalue weighted by molar-refractivity contribution is 0.304. The van der Waals surface area contributed by atoms with Crippen LogP contribution in [0, 0.1) is 0 Å². The van der Waals surface area contributed by atoms with Gasteiger partial charge in [-0.15, -0.1) is 0 Å². The third-order valence-electron chi connectivity index (χ3n) is 10.1. The minimum atomic E-state index is 0.789. The topological polar surface area (TPSA) is 44.2 Å². The van der Waals surface area contributed by atoms with Crippen LogP contribution in [0.25, 0.3) is 57.6 Å². The van der Waals surface area contributed by atoms with Crippen LogP contribution in [0.15, 0.2) is 109 Å². The van der Waals surface area contributed by atoms with Gasteiger partial charge >= 0.3 is 0 Å². The summed E-state index contributed by atoms with van der Waals surface area (Å²) in [6.07, 6.45) is 23.9. The van der Waals surface area contributed by atoms with Gasteiger partial charge < -0.3 is 9.47 Å². The Morgan fingerprint density at radius 1 is 0.400 bits per heavy atom. The fourth-order valence-electron chi connectivity index (χ4n) is 6.76. The minimum absolute atomic E-state index is 0.789. The largest absolute Gasteiger partial charge is 0.494 e. The Hall–Kier alpha value is -5.00. The van der Waals surface area contributed by atoms with Crippen LogP contribution >= 0.6 is 11.7 Å². The van der Waals surface area contributed by atoms with E-state index < -0.39 is 0 Å². The van der Waals surface area contributed by atoms with Crippen LogP contribution in [0.5, 0.6) is 11.5 Å². The smallest absolute Gasteiger partial charge is 0.119 e. The van der Waals surface area contributed by atoms with Crippen molar-refractivity contribution >= 4 is 47.1 Å². The number of hydrogen-bond donors (Lipinski definition) is 0. The van der Waals surface area contributed by atoms with Crippen LogP contribution in [0.4, 0.5) is 0 Å². The molecule has 0 saturated carbocycles. The number of benzene rings is 5. The van der Waals surface area contributed by atoms with Crippen molar-refractivity contribution in [2.75, 3.05) is 13.2 Å². The molecule has 0 aliphatic heterocycles. The quantitative estimate of drug-likeness (QED) is 0.0512. The second-order valence-corrected chi connectivity index (χ2v) is 14.9. The molecule has 0 unspecified atom stereocenters. The molecule has 0 spiro atoms. The average molecular weight is 749 g/mol. The Morgan fingerprint density at radius 2 is 0.727 bits per heavy atom. The van der Waals surface area contributed by atoms with Crippen molar-refractivity contribution in [3.63, 3.8) is 0 Å². The van der Waals surface area contributed by atoms with E-state index in [0.717, 1.165) is 93.1 Å². The van der Waals surface area contributed by atoms with Gasteiger partial charge in [0.25, 0.3) is 0 Å². The lowest BCUT2D eigenvalue weighted by atomic mass is 9.96. The third kappa shape index (κ3) is 12.2. The summed E-state index contributed by atoms with van der Waals surface area (Å²) in [6.45, 7) is 6.09. The van der Waals surface area contributed by atoms with Crippen molar-refractivity contribution in [3.05, 3.63) is 131 Å². The summed E-state index contributed by atoms with van der Waals surface area (Å²) in [5.74, 6) is 1.88. The molecule has 0 aliphatic carbocycles. The van der Waals surface area contributed by atoms with Crippen LogP contribution in [-0.4, -0.2) is 22.0 Å². The van der Waals surface area contributed by atoms with Gasteiger partial charge in [-0.05, 0) is 70.5 Å². The number of ether oxygens (including phenoxy) is 2. The van der Waals surface area contributed by atoms with E-state index in [-0.39, 0.29) is 0 Å². The third-order valence-corrected chi connectivity index (χ3v) is 10.6. The highest BCUT2D eigenvalue weighted by molar-refractivity contribution is 7.00. The molecule has 0 amide bonds. The predicted octanol–water partition coefficient (Wildman–Crippen LogP) is 14.8.